The number of phenols is 1. The van der Waals surface area contributed by atoms with Crippen molar-refractivity contribution in [2.75, 3.05) is 13.2 Å². The second kappa shape index (κ2) is 4.62. The molecule has 1 aliphatic rings. The Bertz CT molecular complexity index is 548. The minimum absolute atomic E-state index is 0.0225. The topological polar surface area (TPSA) is 77.8 Å². The minimum Gasteiger partial charge on any atom is -0.507 e. The maximum Gasteiger partial charge on any atom is 0.172 e. The van der Waals surface area contributed by atoms with Crippen molar-refractivity contribution in [1.29, 1.82) is 0 Å². The van der Waals surface area contributed by atoms with E-state index < -0.39 is 5.41 Å². The lowest BCUT2D eigenvalue weighted by molar-refractivity contribution is 0.0721. The van der Waals surface area contributed by atoms with Crippen molar-refractivity contribution < 1.29 is 20.1 Å². The number of ketones is 1. The first-order valence-electron chi connectivity index (χ1n) is 6.47. The average molecular weight is 264 g/mol. The van der Waals surface area contributed by atoms with E-state index >= 15 is 0 Å². The molecule has 0 fully saturated rings. The molecule has 19 heavy (non-hydrogen) atoms. The maximum atomic E-state index is 12.5. The molecule has 1 atom stereocenters. The fourth-order valence-electron chi connectivity index (χ4n) is 3.01. The Hall–Kier alpha value is -1.39. The Kier molecular flexibility index (Phi) is 3.41. The van der Waals surface area contributed by atoms with Crippen LogP contribution in [0.25, 0.3) is 0 Å². The lowest BCUT2D eigenvalue weighted by Crippen LogP contribution is -2.28. The monoisotopic (exact) mass is 264 g/mol. The first kappa shape index (κ1) is 14.0. The molecule has 1 aliphatic carbocycles. The molecule has 4 heteroatoms. The highest BCUT2D eigenvalue weighted by molar-refractivity contribution is 6.07. The number of aromatic hydroxyl groups is 1. The summed E-state index contributed by atoms with van der Waals surface area (Å²) >= 11 is 0. The number of fused-ring (bicyclic) bond motifs is 1. The van der Waals surface area contributed by atoms with Gasteiger partial charge < -0.3 is 15.3 Å². The molecule has 0 saturated heterocycles. The fraction of sp³-hybridized carbons (Fsp3) is 0.533. The third-order valence-corrected chi connectivity index (χ3v) is 4.28. The van der Waals surface area contributed by atoms with Crippen LogP contribution in [0.4, 0.5) is 0 Å². The summed E-state index contributed by atoms with van der Waals surface area (Å²) in [6.07, 6.45) is 0.784. The van der Waals surface area contributed by atoms with Crippen molar-refractivity contribution in [3.63, 3.8) is 0 Å². The van der Waals surface area contributed by atoms with Crippen LogP contribution in [0.15, 0.2) is 0 Å². The summed E-state index contributed by atoms with van der Waals surface area (Å²) in [5, 5.41) is 28.8. The van der Waals surface area contributed by atoms with Gasteiger partial charge in [-0.1, -0.05) is 0 Å². The Morgan fingerprint density at radius 2 is 1.84 bits per heavy atom. The quantitative estimate of drug-likeness (QED) is 0.768. The second-order valence-electron chi connectivity index (χ2n) is 5.63. The van der Waals surface area contributed by atoms with E-state index in [9.17, 15) is 15.0 Å². The van der Waals surface area contributed by atoms with Gasteiger partial charge in [0.25, 0.3) is 0 Å². The van der Waals surface area contributed by atoms with E-state index in [2.05, 4.69) is 0 Å². The van der Waals surface area contributed by atoms with Crippen LogP contribution < -0.4 is 0 Å². The van der Waals surface area contributed by atoms with Gasteiger partial charge in [-0.05, 0) is 50.3 Å². The molecule has 0 amide bonds. The molecule has 0 bridgehead atoms. The molecule has 104 valence electrons. The largest absolute Gasteiger partial charge is 0.507 e. The van der Waals surface area contributed by atoms with Gasteiger partial charge in [-0.15, -0.1) is 0 Å². The zero-order chi connectivity index (χ0) is 14.4. The van der Waals surface area contributed by atoms with E-state index in [0.717, 1.165) is 16.7 Å². The lowest BCUT2D eigenvalue weighted by Gasteiger charge is -2.17. The standard InChI is InChI=1S/C15H20O4/c1-8-10(4-5-16)9(2)13(18)11-6-15(3,7-17)14(19)12(8)11/h16-18H,4-7H2,1-3H3/t15-/m1/s1. The number of hydrogen-bond donors (Lipinski definition) is 3. The SMILES string of the molecule is Cc1c(O)c2c(c(C)c1CCO)C(=O)[C@@](C)(CO)C2. The van der Waals surface area contributed by atoms with Gasteiger partial charge in [0.05, 0.1) is 12.0 Å². The summed E-state index contributed by atoms with van der Waals surface area (Å²) < 4.78 is 0. The molecule has 0 spiro atoms. The number of phenolic OH excluding ortho intramolecular Hbond substituents is 1. The highest BCUT2D eigenvalue weighted by Gasteiger charge is 2.44. The smallest absolute Gasteiger partial charge is 0.172 e. The number of benzene rings is 1. The van der Waals surface area contributed by atoms with Crippen molar-refractivity contribution in [3.05, 3.63) is 27.8 Å². The number of aliphatic hydroxyl groups is 2. The van der Waals surface area contributed by atoms with Crippen LogP contribution in [-0.2, 0) is 12.8 Å². The van der Waals surface area contributed by atoms with Crippen LogP contribution in [0.3, 0.4) is 0 Å². The summed E-state index contributed by atoms with van der Waals surface area (Å²) in [4.78, 5) is 12.5. The third-order valence-electron chi connectivity index (χ3n) is 4.28. The van der Waals surface area contributed by atoms with Crippen molar-refractivity contribution in [2.24, 2.45) is 5.41 Å². The van der Waals surface area contributed by atoms with Gasteiger partial charge in [-0.25, -0.2) is 0 Å². The van der Waals surface area contributed by atoms with Crippen molar-refractivity contribution >= 4 is 5.78 Å². The molecule has 0 unspecified atom stereocenters. The Morgan fingerprint density at radius 1 is 1.21 bits per heavy atom. The molecule has 3 N–H and O–H groups in total. The van der Waals surface area contributed by atoms with Crippen LogP contribution in [0.2, 0.25) is 0 Å². The van der Waals surface area contributed by atoms with Crippen LogP contribution in [0.1, 0.15) is 39.5 Å². The van der Waals surface area contributed by atoms with E-state index in [-0.39, 0.29) is 24.7 Å². The van der Waals surface area contributed by atoms with Gasteiger partial charge in [0, 0.05) is 17.7 Å². The third kappa shape index (κ3) is 1.86. The van der Waals surface area contributed by atoms with Gasteiger partial charge in [-0.2, -0.15) is 0 Å². The molecule has 2 rings (SSSR count). The van der Waals surface area contributed by atoms with Gasteiger partial charge in [0.1, 0.15) is 5.75 Å². The molecule has 0 aromatic heterocycles. The number of hydrogen-bond acceptors (Lipinski definition) is 4. The second-order valence-corrected chi connectivity index (χ2v) is 5.63. The molecule has 0 radical (unpaired) electrons. The first-order valence-corrected chi connectivity index (χ1v) is 6.47. The fourth-order valence-corrected chi connectivity index (χ4v) is 3.01. The number of Topliss-reactive ketones (excluding diaryl/α,β-unsaturated/α-hetero) is 1. The van der Waals surface area contributed by atoms with E-state index in [1.165, 1.54) is 0 Å². The molecule has 1 aromatic carbocycles. The minimum atomic E-state index is -0.838. The zero-order valence-electron chi connectivity index (χ0n) is 11.6. The Morgan fingerprint density at radius 3 is 2.37 bits per heavy atom. The highest BCUT2D eigenvalue weighted by atomic mass is 16.3. The molecule has 4 nitrogen and oxygen atoms in total. The Labute approximate surface area is 112 Å². The normalized spacial score (nSPS) is 21.8. The van der Waals surface area contributed by atoms with E-state index in [4.69, 9.17) is 5.11 Å². The van der Waals surface area contributed by atoms with Crippen molar-refractivity contribution in [2.45, 2.75) is 33.6 Å². The molecule has 0 heterocycles. The number of carbonyl (C=O) groups excluding carboxylic acids is 1. The molecular formula is C15H20O4. The summed E-state index contributed by atoms with van der Waals surface area (Å²) in [5.74, 6) is 0.0200. The van der Waals surface area contributed by atoms with Gasteiger partial charge in [-0.3, -0.25) is 4.79 Å². The molecule has 0 aliphatic heterocycles. The van der Waals surface area contributed by atoms with Gasteiger partial charge in [0.15, 0.2) is 5.78 Å². The van der Waals surface area contributed by atoms with E-state index in [1.807, 2.05) is 6.92 Å². The van der Waals surface area contributed by atoms with E-state index in [1.54, 1.807) is 13.8 Å². The predicted molar refractivity (Wildman–Crippen MR) is 71.6 cm³/mol. The molecule has 1 aromatic rings. The van der Waals surface area contributed by atoms with Crippen LogP contribution in [-0.4, -0.2) is 34.3 Å². The van der Waals surface area contributed by atoms with Gasteiger partial charge in [0.2, 0.25) is 0 Å². The number of aliphatic hydroxyl groups excluding tert-OH is 2. The zero-order valence-corrected chi connectivity index (χ0v) is 11.6. The number of carbonyl (C=O) groups is 1. The summed E-state index contributed by atoms with van der Waals surface area (Å²) in [5.41, 5.74) is 2.70. The van der Waals surface area contributed by atoms with Crippen molar-refractivity contribution in [3.8, 4) is 5.75 Å². The molecule has 0 saturated carbocycles. The lowest BCUT2D eigenvalue weighted by atomic mass is 9.86. The summed E-state index contributed by atoms with van der Waals surface area (Å²) in [6, 6.07) is 0. The average Bonchev–Trinajstić information content (AvgIpc) is 2.66. The van der Waals surface area contributed by atoms with Crippen molar-refractivity contribution in [1.82, 2.24) is 0 Å². The predicted octanol–water partition coefficient (Wildman–Crippen LogP) is 1.28. The number of rotatable bonds is 3. The summed E-state index contributed by atoms with van der Waals surface area (Å²) in [6.45, 7) is 5.11. The van der Waals surface area contributed by atoms with Crippen LogP contribution in [0.5, 0.6) is 5.75 Å². The van der Waals surface area contributed by atoms with Crippen LogP contribution >= 0.6 is 0 Å². The van der Waals surface area contributed by atoms with E-state index in [0.29, 0.717) is 24.0 Å². The van der Waals surface area contributed by atoms with Gasteiger partial charge >= 0.3 is 0 Å². The summed E-state index contributed by atoms with van der Waals surface area (Å²) in [7, 11) is 0. The first-order chi connectivity index (χ1) is 8.87. The maximum absolute atomic E-state index is 12.5. The van der Waals surface area contributed by atoms with Crippen LogP contribution in [0, 0.1) is 19.3 Å². The highest BCUT2D eigenvalue weighted by Crippen LogP contribution is 2.44. The molecular weight excluding hydrogens is 244 g/mol. The Balaban J connectivity index is 2.70.